The molecule has 1 unspecified atom stereocenters. The first-order valence-electron chi connectivity index (χ1n) is 6.89. The van der Waals surface area contributed by atoms with Gasteiger partial charge in [-0.3, -0.25) is 4.98 Å². The number of pyridine rings is 1. The maximum absolute atomic E-state index is 6.10. The number of halogens is 3. The molecule has 0 saturated heterocycles. The third-order valence-electron chi connectivity index (χ3n) is 3.18. The number of hydrogen-bond acceptors (Lipinski definition) is 2. The summed E-state index contributed by atoms with van der Waals surface area (Å²) in [5, 5.41) is 4.71. The summed E-state index contributed by atoms with van der Waals surface area (Å²) >= 11 is 15.7. The highest BCUT2D eigenvalue weighted by Gasteiger charge is 2.16. The van der Waals surface area contributed by atoms with Crippen LogP contribution in [-0.2, 0) is 6.42 Å². The Morgan fingerprint density at radius 1 is 1.24 bits per heavy atom. The molecular weight excluding hydrogens is 371 g/mol. The third-order valence-corrected chi connectivity index (χ3v) is 4.59. The van der Waals surface area contributed by atoms with Crippen LogP contribution in [0, 0.1) is 0 Å². The van der Waals surface area contributed by atoms with E-state index in [1.807, 2.05) is 36.5 Å². The smallest absolute Gasteiger partial charge is 0.0718 e. The van der Waals surface area contributed by atoms with Gasteiger partial charge >= 0.3 is 0 Å². The lowest BCUT2D eigenvalue weighted by Crippen LogP contribution is -2.25. The van der Waals surface area contributed by atoms with Gasteiger partial charge in [0.15, 0.2) is 0 Å². The number of nitrogens with one attached hydrogen (secondary N) is 1. The second-order valence-electron chi connectivity index (χ2n) is 4.83. The standard InChI is InChI=1S/C16H17BrCl2N2/c1-2-7-20-15(16-12(17)4-3-8-21-16)10-11-5-6-13(18)14(19)9-11/h3-6,8-9,15,20H,2,7,10H2,1H3. The van der Waals surface area contributed by atoms with Crippen molar-refractivity contribution in [3.8, 4) is 0 Å². The van der Waals surface area contributed by atoms with Crippen LogP contribution in [0.2, 0.25) is 10.0 Å². The van der Waals surface area contributed by atoms with Crippen LogP contribution in [-0.4, -0.2) is 11.5 Å². The highest BCUT2D eigenvalue weighted by atomic mass is 79.9. The molecule has 0 radical (unpaired) electrons. The molecule has 1 N–H and O–H groups in total. The van der Waals surface area contributed by atoms with Gasteiger partial charge in [-0.25, -0.2) is 0 Å². The van der Waals surface area contributed by atoms with E-state index < -0.39 is 0 Å². The van der Waals surface area contributed by atoms with Crippen molar-refractivity contribution in [3.63, 3.8) is 0 Å². The number of rotatable bonds is 6. The molecule has 0 aliphatic carbocycles. The Labute approximate surface area is 144 Å². The molecule has 1 aromatic carbocycles. The molecule has 2 nitrogen and oxygen atoms in total. The number of benzene rings is 1. The molecule has 5 heteroatoms. The van der Waals surface area contributed by atoms with Crippen molar-refractivity contribution in [2.45, 2.75) is 25.8 Å². The van der Waals surface area contributed by atoms with Crippen LogP contribution in [0.1, 0.15) is 30.6 Å². The van der Waals surface area contributed by atoms with Crippen LogP contribution in [0.15, 0.2) is 41.0 Å². The zero-order valence-corrected chi connectivity index (χ0v) is 14.8. The van der Waals surface area contributed by atoms with E-state index in [0.29, 0.717) is 10.0 Å². The van der Waals surface area contributed by atoms with Crippen LogP contribution in [0.4, 0.5) is 0 Å². The Bertz CT molecular complexity index is 605. The highest BCUT2D eigenvalue weighted by molar-refractivity contribution is 9.10. The Hall–Kier alpha value is -0.610. The maximum atomic E-state index is 6.10. The fourth-order valence-corrected chi connectivity index (χ4v) is 2.99. The lowest BCUT2D eigenvalue weighted by Gasteiger charge is -2.19. The molecule has 0 saturated carbocycles. The van der Waals surface area contributed by atoms with Gasteiger partial charge in [-0.15, -0.1) is 0 Å². The van der Waals surface area contributed by atoms with Gasteiger partial charge in [0.05, 0.1) is 21.8 Å². The second-order valence-corrected chi connectivity index (χ2v) is 6.50. The summed E-state index contributed by atoms with van der Waals surface area (Å²) in [4.78, 5) is 4.50. The molecule has 21 heavy (non-hydrogen) atoms. The molecule has 0 bridgehead atoms. The van der Waals surface area contributed by atoms with E-state index in [2.05, 4.69) is 33.2 Å². The van der Waals surface area contributed by atoms with Gasteiger partial charge in [-0.2, -0.15) is 0 Å². The predicted molar refractivity (Wildman–Crippen MR) is 93.1 cm³/mol. The summed E-state index contributed by atoms with van der Waals surface area (Å²) in [6.07, 6.45) is 3.70. The van der Waals surface area contributed by atoms with Crippen LogP contribution >= 0.6 is 39.1 Å². The highest BCUT2D eigenvalue weighted by Crippen LogP contribution is 2.27. The predicted octanol–water partition coefficient (Wildman–Crippen LogP) is 5.43. The van der Waals surface area contributed by atoms with Crippen molar-refractivity contribution >= 4 is 39.1 Å². The van der Waals surface area contributed by atoms with Crippen molar-refractivity contribution < 1.29 is 0 Å². The van der Waals surface area contributed by atoms with Crippen LogP contribution in [0.25, 0.3) is 0 Å². The van der Waals surface area contributed by atoms with E-state index in [4.69, 9.17) is 23.2 Å². The summed E-state index contributed by atoms with van der Waals surface area (Å²) in [5.41, 5.74) is 2.15. The monoisotopic (exact) mass is 386 g/mol. The van der Waals surface area contributed by atoms with Crippen molar-refractivity contribution in [3.05, 3.63) is 62.3 Å². The zero-order chi connectivity index (χ0) is 15.2. The topological polar surface area (TPSA) is 24.9 Å². The molecule has 2 aromatic rings. The van der Waals surface area contributed by atoms with Gasteiger partial charge in [0.1, 0.15) is 0 Å². The van der Waals surface area contributed by atoms with E-state index in [1.165, 1.54) is 0 Å². The molecular formula is C16H17BrCl2N2. The quantitative estimate of drug-likeness (QED) is 0.714. The Kier molecular flexibility index (Phi) is 6.49. The fourth-order valence-electron chi connectivity index (χ4n) is 2.14. The minimum Gasteiger partial charge on any atom is -0.308 e. The Morgan fingerprint density at radius 2 is 2.05 bits per heavy atom. The van der Waals surface area contributed by atoms with Gasteiger partial charge in [-0.1, -0.05) is 36.2 Å². The molecule has 1 atom stereocenters. The lowest BCUT2D eigenvalue weighted by molar-refractivity contribution is 0.516. The largest absolute Gasteiger partial charge is 0.308 e. The van der Waals surface area contributed by atoms with Crippen molar-refractivity contribution in [1.82, 2.24) is 10.3 Å². The fraction of sp³-hybridized carbons (Fsp3) is 0.312. The minimum atomic E-state index is 0.137. The minimum absolute atomic E-state index is 0.137. The first-order valence-corrected chi connectivity index (χ1v) is 8.44. The molecule has 1 heterocycles. The second kappa shape index (κ2) is 8.14. The lowest BCUT2D eigenvalue weighted by atomic mass is 10.0. The summed E-state index contributed by atoms with van der Waals surface area (Å²) in [6.45, 7) is 3.09. The van der Waals surface area contributed by atoms with Crippen molar-refractivity contribution in [2.75, 3.05) is 6.54 Å². The van der Waals surface area contributed by atoms with Gasteiger partial charge in [0.2, 0.25) is 0 Å². The first kappa shape index (κ1) is 16.8. The molecule has 0 aliphatic heterocycles. The van der Waals surface area contributed by atoms with E-state index in [1.54, 1.807) is 0 Å². The van der Waals surface area contributed by atoms with Crippen LogP contribution in [0.3, 0.4) is 0 Å². The number of nitrogens with zero attached hydrogens (tertiary/aromatic N) is 1. The van der Waals surface area contributed by atoms with Crippen LogP contribution < -0.4 is 5.32 Å². The molecule has 2 rings (SSSR count). The maximum Gasteiger partial charge on any atom is 0.0718 e. The Morgan fingerprint density at radius 3 is 2.71 bits per heavy atom. The molecule has 1 aromatic heterocycles. The van der Waals surface area contributed by atoms with Gasteiger partial charge in [0, 0.05) is 10.7 Å². The normalized spacial score (nSPS) is 12.4. The summed E-state index contributed by atoms with van der Waals surface area (Å²) in [5.74, 6) is 0. The first-order chi connectivity index (χ1) is 10.1. The molecule has 112 valence electrons. The number of aromatic nitrogens is 1. The van der Waals surface area contributed by atoms with Gasteiger partial charge in [0.25, 0.3) is 0 Å². The van der Waals surface area contributed by atoms with E-state index in [-0.39, 0.29) is 6.04 Å². The zero-order valence-electron chi connectivity index (χ0n) is 11.7. The van der Waals surface area contributed by atoms with Gasteiger partial charge in [-0.05, 0) is 65.1 Å². The average molecular weight is 388 g/mol. The van der Waals surface area contributed by atoms with Crippen LogP contribution in [0.5, 0.6) is 0 Å². The SMILES string of the molecule is CCCNC(Cc1ccc(Cl)c(Cl)c1)c1ncccc1Br. The summed E-state index contributed by atoms with van der Waals surface area (Å²) < 4.78 is 1.01. The summed E-state index contributed by atoms with van der Waals surface area (Å²) in [7, 11) is 0. The van der Waals surface area contributed by atoms with E-state index in [0.717, 1.165) is 35.1 Å². The third kappa shape index (κ3) is 4.68. The number of hydrogen-bond donors (Lipinski definition) is 1. The van der Waals surface area contributed by atoms with Gasteiger partial charge < -0.3 is 5.32 Å². The molecule has 0 fully saturated rings. The van der Waals surface area contributed by atoms with Crippen molar-refractivity contribution in [2.24, 2.45) is 0 Å². The van der Waals surface area contributed by atoms with Crippen molar-refractivity contribution in [1.29, 1.82) is 0 Å². The Balaban J connectivity index is 2.24. The molecule has 0 amide bonds. The van der Waals surface area contributed by atoms with E-state index >= 15 is 0 Å². The molecule has 0 spiro atoms. The molecule has 0 aliphatic rings. The average Bonchev–Trinajstić information content (AvgIpc) is 2.48. The summed E-state index contributed by atoms with van der Waals surface area (Å²) in [6, 6.07) is 9.83. The van der Waals surface area contributed by atoms with E-state index in [9.17, 15) is 0 Å².